The average molecular weight is 375 g/mol. The van der Waals surface area contributed by atoms with E-state index in [2.05, 4.69) is 5.10 Å². The van der Waals surface area contributed by atoms with Gasteiger partial charge in [-0.1, -0.05) is 53.4 Å². The van der Waals surface area contributed by atoms with Gasteiger partial charge in [-0.2, -0.15) is 0 Å². The van der Waals surface area contributed by atoms with Gasteiger partial charge >= 0.3 is 5.97 Å². The number of nitrogens with zero attached hydrogens (tertiary/aromatic N) is 2. The van der Waals surface area contributed by atoms with Crippen LogP contribution in [-0.2, 0) is 10.5 Å². The van der Waals surface area contributed by atoms with Gasteiger partial charge in [-0.05, 0) is 42.0 Å². The van der Waals surface area contributed by atoms with Crippen LogP contribution in [0, 0.1) is 3.95 Å². The molecule has 0 saturated heterocycles. The highest BCUT2D eigenvalue weighted by Gasteiger charge is 2.08. The van der Waals surface area contributed by atoms with E-state index in [0.29, 0.717) is 5.56 Å². The third-order valence-corrected chi connectivity index (χ3v) is 5.70. The van der Waals surface area contributed by atoms with Crippen LogP contribution in [0.25, 0.3) is 5.69 Å². The number of thioether (sulfide) groups is 1. The van der Waals surface area contributed by atoms with Crippen molar-refractivity contribution >= 4 is 41.3 Å². The molecule has 0 spiro atoms. The number of hydrogen-bond donors (Lipinski definition) is 0. The second-order valence-electron chi connectivity index (χ2n) is 4.86. The van der Waals surface area contributed by atoms with E-state index in [1.165, 1.54) is 18.4 Å². The molecule has 0 unspecified atom stereocenters. The highest BCUT2D eigenvalue weighted by Crippen LogP contribution is 2.27. The molecule has 3 aromatic rings. The molecule has 24 heavy (non-hydrogen) atoms. The lowest BCUT2D eigenvalue weighted by molar-refractivity contribution is 0.0600. The molecule has 0 bridgehead atoms. The first kappa shape index (κ1) is 16.9. The zero-order valence-corrected chi connectivity index (χ0v) is 15.3. The van der Waals surface area contributed by atoms with E-state index in [1.54, 1.807) is 28.6 Å². The summed E-state index contributed by atoms with van der Waals surface area (Å²) in [6.07, 6.45) is 0. The van der Waals surface area contributed by atoms with E-state index in [-0.39, 0.29) is 5.97 Å². The summed E-state index contributed by atoms with van der Waals surface area (Å²) >= 11 is 8.52. The molecule has 7 heteroatoms. The maximum absolute atomic E-state index is 11.4. The van der Waals surface area contributed by atoms with Crippen LogP contribution in [0.4, 0.5) is 0 Å². The highest BCUT2D eigenvalue weighted by atomic mass is 32.2. The van der Waals surface area contributed by atoms with Crippen LogP contribution in [0.1, 0.15) is 15.9 Å². The minimum atomic E-state index is -0.325. The summed E-state index contributed by atoms with van der Waals surface area (Å²) < 4.78 is 8.12. The molecule has 0 saturated carbocycles. The zero-order valence-electron chi connectivity index (χ0n) is 12.8. The topological polar surface area (TPSA) is 44.1 Å². The van der Waals surface area contributed by atoms with Gasteiger partial charge in [0.1, 0.15) is 0 Å². The Labute approximate surface area is 153 Å². The number of carbonyl (C=O) groups is 1. The first-order chi connectivity index (χ1) is 11.7. The normalized spacial score (nSPS) is 10.5. The van der Waals surface area contributed by atoms with Crippen LogP contribution in [0.5, 0.6) is 0 Å². The lowest BCUT2D eigenvalue weighted by Gasteiger charge is -2.02. The van der Waals surface area contributed by atoms with Crippen molar-refractivity contribution in [2.75, 3.05) is 7.11 Å². The molecule has 4 nitrogen and oxygen atoms in total. The summed E-state index contributed by atoms with van der Waals surface area (Å²) in [6.45, 7) is 0. The van der Waals surface area contributed by atoms with E-state index in [4.69, 9.17) is 17.0 Å². The Kier molecular flexibility index (Phi) is 5.44. The molecule has 1 aromatic heterocycles. The molecule has 122 valence electrons. The number of hydrogen-bond acceptors (Lipinski definition) is 6. The maximum Gasteiger partial charge on any atom is 0.337 e. The zero-order chi connectivity index (χ0) is 16.9. The Hall–Kier alpha value is -1.96. The number of ether oxygens (including phenoxy) is 1. The Morgan fingerprint density at radius 2 is 1.92 bits per heavy atom. The van der Waals surface area contributed by atoms with E-state index >= 15 is 0 Å². The van der Waals surface area contributed by atoms with E-state index in [0.717, 1.165) is 25.3 Å². The minimum Gasteiger partial charge on any atom is -0.465 e. The molecule has 3 rings (SSSR count). The SMILES string of the molecule is COC(=O)c1ccc(CSc2nn(-c3ccccc3)c(=S)s2)cc1. The van der Waals surface area contributed by atoms with Crippen LogP contribution in [-0.4, -0.2) is 22.9 Å². The summed E-state index contributed by atoms with van der Waals surface area (Å²) in [5.41, 5.74) is 2.63. The van der Waals surface area contributed by atoms with Crippen molar-refractivity contribution in [3.05, 3.63) is 69.7 Å². The Morgan fingerprint density at radius 3 is 2.58 bits per heavy atom. The van der Waals surface area contributed by atoms with Gasteiger partial charge in [-0.15, -0.1) is 5.10 Å². The van der Waals surface area contributed by atoms with E-state index < -0.39 is 0 Å². The predicted molar refractivity (Wildman–Crippen MR) is 99.6 cm³/mol. The molecule has 0 aliphatic rings. The summed E-state index contributed by atoms with van der Waals surface area (Å²) in [4.78, 5) is 11.4. The average Bonchev–Trinajstić information content (AvgIpc) is 3.01. The van der Waals surface area contributed by atoms with Crippen molar-refractivity contribution in [2.24, 2.45) is 0 Å². The number of carbonyl (C=O) groups excluding carboxylic acids is 1. The third kappa shape index (κ3) is 3.92. The largest absolute Gasteiger partial charge is 0.465 e. The monoisotopic (exact) mass is 374 g/mol. The summed E-state index contributed by atoms with van der Waals surface area (Å²) in [5.74, 6) is 0.437. The first-order valence-corrected chi connectivity index (χ1v) is 9.34. The van der Waals surface area contributed by atoms with Gasteiger partial charge in [-0.25, -0.2) is 9.48 Å². The van der Waals surface area contributed by atoms with Crippen LogP contribution in [0.3, 0.4) is 0 Å². The molecule has 0 aliphatic carbocycles. The summed E-state index contributed by atoms with van der Waals surface area (Å²) in [6, 6.07) is 17.2. The third-order valence-electron chi connectivity index (χ3n) is 3.27. The number of methoxy groups -OCH3 is 1. The molecular weight excluding hydrogens is 360 g/mol. The Bertz CT molecular complexity index is 886. The number of rotatable bonds is 5. The van der Waals surface area contributed by atoms with E-state index in [1.807, 2.05) is 42.5 Å². The number of esters is 1. The molecule has 0 fully saturated rings. The molecule has 0 radical (unpaired) electrons. The van der Waals surface area contributed by atoms with Crippen molar-refractivity contribution in [1.29, 1.82) is 0 Å². The van der Waals surface area contributed by atoms with Crippen LogP contribution < -0.4 is 0 Å². The fourth-order valence-electron chi connectivity index (χ4n) is 2.05. The fraction of sp³-hybridized carbons (Fsp3) is 0.118. The quantitative estimate of drug-likeness (QED) is 0.367. The Morgan fingerprint density at radius 1 is 1.21 bits per heavy atom. The standard InChI is InChI=1S/C17H14N2O2S3/c1-21-15(20)13-9-7-12(8-10-13)11-23-16-18-19(17(22)24-16)14-5-3-2-4-6-14/h2-10H,11H2,1H3. The van der Waals surface area contributed by atoms with Gasteiger partial charge < -0.3 is 4.74 Å². The Balaban J connectivity index is 1.69. The second kappa shape index (κ2) is 7.74. The van der Waals surface area contributed by atoms with Gasteiger partial charge in [-0.3, -0.25) is 0 Å². The predicted octanol–water partition coefficient (Wildman–Crippen LogP) is 4.74. The molecular formula is C17H14N2O2S3. The fourth-order valence-corrected chi connectivity index (χ4v) is 4.37. The molecule has 0 amide bonds. The van der Waals surface area contributed by atoms with Crippen molar-refractivity contribution in [1.82, 2.24) is 9.78 Å². The van der Waals surface area contributed by atoms with Crippen LogP contribution >= 0.6 is 35.3 Å². The van der Waals surface area contributed by atoms with Crippen LogP contribution in [0.15, 0.2) is 58.9 Å². The van der Waals surface area contributed by atoms with E-state index in [9.17, 15) is 4.79 Å². The van der Waals surface area contributed by atoms with Crippen LogP contribution in [0.2, 0.25) is 0 Å². The second-order valence-corrected chi connectivity index (χ2v) is 7.70. The number of aromatic nitrogens is 2. The molecule has 0 N–H and O–H groups in total. The van der Waals surface area contributed by atoms with Gasteiger partial charge in [0.05, 0.1) is 18.4 Å². The molecule has 0 aliphatic heterocycles. The van der Waals surface area contributed by atoms with Crippen molar-refractivity contribution in [3.63, 3.8) is 0 Å². The molecule has 1 heterocycles. The lowest BCUT2D eigenvalue weighted by Crippen LogP contribution is -2.00. The summed E-state index contributed by atoms with van der Waals surface area (Å²) in [5, 5.41) is 4.57. The van der Waals surface area contributed by atoms with Gasteiger partial charge in [0.15, 0.2) is 8.29 Å². The number of benzene rings is 2. The highest BCUT2D eigenvalue weighted by molar-refractivity contribution is 8.00. The molecule has 0 atom stereocenters. The lowest BCUT2D eigenvalue weighted by atomic mass is 10.1. The van der Waals surface area contributed by atoms with Gasteiger partial charge in [0, 0.05) is 5.75 Å². The van der Waals surface area contributed by atoms with Crippen molar-refractivity contribution in [3.8, 4) is 5.69 Å². The summed E-state index contributed by atoms with van der Waals surface area (Å²) in [7, 11) is 1.38. The van der Waals surface area contributed by atoms with Gasteiger partial charge in [0.2, 0.25) is 0 Å². The first-order valence-electron chi connectivity index (χ1n) is 7.13. The maximum atomic E-state index is 11.4. The number of para-hydroxylation sites is 1. The smallest absolute Gasteiger partial charge is 0.337 e. The van der Waals surface area contributed by atoms with Crippen molar-refractivity contribution < 1.29 is 9.53 Å². The molecule has 2 aromatic carbocycles. The van der Waals surface area contributed by atoms with Crippen molar-refractivity contribution in [2.45, 2.75) is 10.1 Å². The van der Waals surface area contributed by atoms with Gasteiger partial charge in [0.25, 0.3) is 0 Å². The minimum absolute atomic E-state index is 0.325.